The lowest BCUT2D eigenvalue weighted by Crippen LogP contribution is -2.54. The summed E-state index contributed by atoms with van der Waals surface area (Å²) in [5, 5.41) is 11.2. The van der Waals surface area contributed by atoms with Crippen LogP contribution in [-0.2, 0) is 11.8 Å². The molecule has 1 saturated carbocycles. The van der Waals surface area contributed by atoms with Crippen LogP contribution < -0.4 is 5.73 Å². The molecular weight excluding hydrogens is 222 g/mol. The lowest BCUT2D eigenvalue weighted by molar-refractivity contribution is -0.0579. The van der Waals surface area contributed by atoms with E-state index >= 15 is 0 Å². The van der Waals surface area contributed by atoms with Crippen molar-refractivity contribution in [3.05, 3.63) is 35.4 Å². The Balaban J connectivity index is 2.12. The second-order valence-corrected chi connectivity index (χ2v) is 6.02. The van der Waals surface area contributed by atoms with Crippen LogP contribution in [0, 0.1) is 0 Å². The molecule has 1 aromatic rings. The van der Waals surface area contributed by atoms with Gasteiger partial charge >= 0.3 is 0 Å². The molecular formula is C16H23NO. The first-order chi connectivity index (χ1) is 8.72. The zero-order chi connectivity index (χ0) is 12.6. The number of fused-ring (bicyclic) bond motifs is 2. The van der Waals surface area contributed by atoms with E-state index in [0.717, 1.165) is 32.1 Å². The number of hydrogen-bond acceptors (Lipinski definition) is 2. The monoisotopic (exact) mass is 245 g/mol. The summed E-state index contributed by atoms with van der Waals surface area (Å²) >= 11 is 0. The van der Waals surface area contributed by atoms with Gasteiger partial charge in [0, 0.05) is 5.41 Å². The van der Waals surface area contributed by atoms with Gasteiger partial charge in [0.2, 0.25) is 0 Å². The zero-order valence-electron chi connectivity index (χ0n) is 11.0. The number of aryl methyl sites for hydroxylation is 1. The van der Waals surface area contributed by atoms with Gasteiger partial charge in [-0.1, -0.05) is 37.1 Å². The van der Waals surface area contributed by atoms with E-state index in [-0.39, 0.29) is 5.41 Å². The SMILES string of the molecule is NCCC1(O)CCc2ccccc2C12CCCC2. The number of rotatable bonds is 2. The Hall–Kier alpha value is -0.860. The molecule has 1 aromatic carbocycles. The van der Waals surface area contributed by atoms with Crippen LogP contribution in [-0.4, -0.2) is 17.3 Å². The first-order valence-electron chi connectivity index (χ1n) is 7.23. The summed E-state index contributed by atoms with van der Waals surface area (Å²) in [7, 11) is 0. The van der Waals surface area contributed by atoms with E-state index in [1.54, 1.807) is 0 Å². The highest BCUT2D eigenvalue weighted by Crippen LogP contribution is 2.55. The quantitative estimate of drug-likeness (QED) is 0.841. The molecule has 1 unspecified atom stereocenters. The predicted octanol–water partition coefficient (Wildman–Crippen LogP) is 2.52. The molecule has 98 valence electrons. The molecule has 3 N–H and O–H groups in total. The van der Waals surface area contributed by atoms with Crippen LogP contribution in [0.15, 0.2) is 24.3 Å². The molecule has 2 aliphatic rings. The van der Waals surface area contributed by atoms with Crippen molar-refractivity contribution in [3.8, 4) is 0 Å². The van der Waals surface area contributed by atoms with Gasteiger partial charge in [0.05, 0.1) is 5.60 Å². The van der Waals surface area contributed by atoms with Crippen molar-refractivity contribution in [2.24, 2.45) is 5.73 Å². The number of aliphatic hydroxyl groups is 1. The summed E-state index contributed by atoms with van der Waals surface area (Å²) in [6, 6.07) is 8.71. The van der Waals surface area contributed by atoms with E-state index in [0.29, 0.717) is 6.54 Å². The third kappa shape index (κ3) is 1.55. The van der Waals surface area contributed by atoms with Crippen molar-refractivity contribution in [3.63, 3.8) is 0 Å². The molecule has 2 aliphatic carbocycles. The maximum absolute atomic E-state index is 11.2. The molecule has 18 heavy (non-hydrogen) atoms. The van der Waals surface area contributed by atoms with Crippen LogP contribution in [0.5, 0.6) is 0 Å². The Kier molecular flexibility index (Phi) is 2.95. The topological polar surface area (TPSA) is 46.2 Å². The summed E-state index contributed by atoms with van der Waals surface area (Å²) in [5.74, 6) is 0. The maximum Gasteiger partial charge on any atom is 0.0759 e. The Morgan fingerprint density at radius 2 is 1.83 bits per heavy atom. The van der Waals surface area contributed by atoms with Gasteiger partial charge in [-0.05, 0) is 49.8 Å². The summed E-state index contributed by atoms with van der Waals surface area (Å²) in [6.07, 6.45) is 7.33. The highest BCUT2D eigenvalue weighted by Gasteiger charge is 2.54. The van der Waals surface area contributed by atoms with Crippen molar-refractivity contribution in [2.75, 3.05) is 6.54 Å². The molecule has 0 aliphatic heterocycles. The lowest BCUT2D eigenvalue weighted by atomic mass is 9.58. The predicted molar refractivity (Wildman–Crippen MR) is 73.5 cm³/mol. The van der Waals surface area contributed by atoms with Crippen molar-refractivity contribution < 1.29 is 5.11 Å². The molecule has 0 amide bonds. The van der Waals surface area contributed by atoms with Crippen molar-refractivity contribution in [2.45, 2.75) is 56.0 Å². The fourth-order valence-electron chi connectivity index (χ4n) is 4.35. The Morgan fingerprint density at radius 3 is 2.56 bits per heavy atom. The van der Waals surface area contributed by atoms with Crippen LogP contribution in [0.1, 0.15) is 49.7 Å². The van der Waals surface area contributed by atoms with Gasteiger partial charge in [0.1, 0.15) is 0 Å². The average molecular weight is 245 g/mol. The highest BCUT2D eigenvalue weighted by molar-refractivity contribution is 5.41. The van der Waals surface area contributed by atoms with Crippen LogP contribution in [0.4, 0.5) is 0 Å². The fraction of sp³-hybridized carbons (Fsp3) is 0.625. The number of nitrogens with two attached hydrogens (primary N) is 1. The summed E-state index contributed by atoms with van der Waals surface area (Å²) < 4.78 is 0. The molecule has 0 radical (unpaired) electrons. The van der Waals surface area contributed by atoms with Gasteiger partial charge < -0.3 is 10.8 Å². The average Bonchev–Trinajstić information content (AvgIpc) is 2.87. The van der Waals surface area contributed by atoms with Crippen LogP contribution in [0.2, 0.25) is 0 Å². The molecule has 1 fully saturated rings. The third-order valence-corrected chi connectivity index (χ3v) is 5.25. The Morgan fingerprint density at radius 1 is 1.11 bits per heavy atom. The number of benzene rings is 1. The van der Waals surface area contributed by atoms with Gasteiger partial charge in [-0.2, -0.15) is 0 Å². The van der Waals surface area contributed by atoms with Crippen LogP contribution >= 0.6 is 0 Å². The molecule has 0 aromatic heterocycles. The number of hydrogen-bond donors (Lipinski definition) is 2. The van der Waals surface area contributed by atoms with Crippen LogP contribution in [0.25, 0.3) is 0 Å². The van der Waals surface area contributed by atoms with E-state index in [1.807, 2.05) is 0 Å². The van der Waals surface area contributed by atoms with E-state index in [4.69, 9.17) is 5.73 Å². The molecule has 3 rings (SSSR count). The molecule has 0 saturated heterocycles. The summed E-state index contributed by atoms with van der Waals surface area (Å²) in [6.45, 7) is 0.584. The van der Waals surface area contributed by atoms with Crippen molar-refractivity contribution in [1.82, 2.24) is 0 Å². The maximum atomic E-state index is 11.2. The van der Waals surface area contributed by atoms with E-state index in [1.165, 1.54) is 24.0 Å². The van der Waals surface area contributed by atoms with Gasteiger partial charge in [-0.15, -0.1) is 0 Å². The minimum absolute atomic E-state index is 0.0127. The Bertz CT molecular complexity index is 436. The standard InChI is InChI=1S/C16H23NO/c17-12-11-16(18)10-7-13-5-1-2-6-14(13)15(16)8-3-4-9-15/h1-2,5-6,18H,3-4,7-12,17H2. The van der Waals surface area contributed by atoms with Crippen LogP contribution in [0.3, 0.4) is 0 Å². The molecule has 2 heteroatoms. The first kappa shape index (κ1) is 12.2. The summed E-state index contributed by atoms with van der Waals surface area (Å²) in [5.41, 5.74) is 8.02. The Labute approximate surface area is 109 Å². The highest BCUT2D eigenvalue weighted by atomic mass is 16.3. The second-order valence-electron chi connectivity index (χ2n) is 6.02. The fourth-order valence-corrected chi connectivity index (χ4v) is 4.35. The largest absolute Gasteiger partial charge is 0.389 e. The van der Waals surface area contributed by atoms with Gasteiger partial charge in [-0.3, -0.25) is 0 Å². The summed E-state index contributed by atoms with van der Waals surface area (Å²) in [4.78, 5) is 0. The molecule has 0 heterocycles. The van der Waals surface area contributed by atoms with E-state index in [2.05, 4.69) is 24.3 Å². The third-order valence-electron chi connectivity index (χ3n) is 5.25. The minimum Gasteiger partial charge on any atom is -0.389 e. The molecule has 1 atom stereocenters. The van der Waals surface area contributed by atoms with Gasteiger partial charge in [-0.25, -0.2) is 0 Å². The molecule has 2 nitrogen and oxygen atoms in total. The second kappa shape index (κ2) is 4.36. The van der Waals surface area contributed by atoms with E-state index in [9.17, 15) is 5.11 Å². The normalized spacial score (nSPS) is 29.4. The van der Waals surface area contributed by atoms with Gasteiger partial charge in [0.25, 0.3) is 0 Å². The lowest BCUT2D eigenvalue weighted by Gasteiger charge is -2.50. The molecule has 1 spiro atoms. The van der Waals surface area contributed by atoms with Gasteiger partial charge in [0.15, 0.2) is 0 Å². The smallest absolute Gasteiger partial charge is 0.0759 e. The minimum atomic E-state index is -0.577. The first-order valence-corrected chi connectivity index (χ1v) is 7.23. The zero-order valence-corrected chi connectivity index (χ0v) is 11.0. The van der Waals surface area contributed by atoms with Crippen molar-refractivity contribution >= 4 is 0 Å². The molecule has 0 bridgehead atoms. The van der Waals surface area contributed by atoms with Crippen molar-refractivity contribution in [1.29, 1.82) is 0 Å². The van der Waals surface area contributed by atoms with E-state index < -0.39 is 5.60 Å².